The molecule has 2 N–H and O–H groups in total. The summed E-state index contributed by atoms with van der Waals surface area (Å²) in [5.41, 5.74) is 1.60. The number of piperidine rings is 1. The molecule has 1 aromatic carbocycles. The lowest BCUT2D eigenvalue weighted by Crippen LogP contribution is -2.39. The van der Waals surface area contributed by atoms with Crippen LogP contribution in [0.1, 0.15) is 40.1 Å². The lowest BCUT2D eigenvalue weighted by molar-refractivity contribution is -0.121. The quantitative estimate of drug-likeness (QED) is 0.717. The van der Waals surface area contributed by atoms with Crippen molar-refractivity contribution in [2.45, 2.75) is 32.7 Å². The van der Waals surface area contributed by atoms with Crippen LogP contribution in [0.25, 0.3) is 0 Å². The maximum Gasteiger partial charge on any atom is 0.251 e. The molecule has 0 atom stereocenters. The van der Waals surface area contributed by atoms with Gasteiger partial charge in [0, 0.05) is 36.5 Å². The lowest BCUT2D eigenvalue weighted by atomic mass is 9.96. The van der Waals surface area contributed by atoms with Crippen LogP contribution in [0.3, 0.4) is 0 Å². The van der Waals surface area contributed by atoms with Crippen LogP contribution in [-0.2, 0) is 11.3 Å². The average Bonchev–Trinajstić information content (AvgIpc) is 3.21. The number of hydrogen-bond donors (Lipinski definition) is 2. The van der Waals surface area contributed by atoms with Crippen molar-refractivity contribution in [2.75, 3.05) is 26.2 Å². The summed E-state index contributed by atoms with van der Waals surface area (Å²) >= 11 is 1.81. The average molecular weight is 400 g/mol. The highest BCUT2D eigenvalue weighted by molar-refractivity contribution is 7.09. The molecular formula is C22H29N3O2S. The molecule has 3 rings (SSSR count). The van der Waals surface area contributed by atoms with Crippen LogP contribution in [0, 0.1) is 12.8 Å². The van der Waals surface area contributed by atoms with Crippen molar-refractivity contribution >= 4 is 23.2 Å². The maximum absolute atomic E-state index is 12.1. The molecule has 1 aromatic heterocycles. The van der Waals surface area contributed by atoms with Crippen molar-refractivity contribution in [3.8, 4) is 0 Å². The Morgan fingerprint density at radius 1 is 1.11 bits per heavy atom. The van der Waals surface area contributed by atoms with E-state index >= 15 is 0 Å². The van der Waals surface area contributed by atoms with Gasteiger partial charge in [0.2, 0.25) is 5.91 Å². The highest BCUT2D eigenvalue weighted by atomic mass is 32.1. The Morgan fingerprint density at radius 2 is 1.89 bits per heavy atom. The molecule has 2 amide bonds. The number of hydrogen-bond acceptors (Lipinski definition) is 4. The molecule has 150 valence electrons. The van der Waals surface area contributed by atoms with E-state index < -0.39 is 0 Å². The summed E-state index contributed by atoms with van der Waals surface area (Å²) in [4.78, 5) is 28.1. The Bertz CT molecular complexity index is 768. The summed E-state index contributed by atoms with van der Waals surface area (Å²) in [6, 6.07) is 11.8. The molecule has 0 unspecified atom stereocenters. The third-order valence-electron chi connectivity index (χ3n) is 5.28. The van der Waals surface area contributed by atoms with E-state index in [0.29, 0.717) is 24.4 Å². The fraction of sp³-hybridized carbons (Fsp3) is 0.455. The first-order valence-electron chi connectivity index (χ1n) is 9.97. The Balaban J connectivity index is 1.29. The van der Waals surface area contributed by atoms with E-state index in [1.165, 1.54) is 4.88 Å². The largest absolute Gasteiger partial charge is 0.356 e. The molecule has 0 bridgehead atoms. The Hall–Kier alpha value is -2.18. The second-order valence-electron chi connectivity index (χ2n) is 7.42. The fourth-order valence-electron chi connectivity index (χ4n) is 3.53. The van der Waals surface area contributed by atoms with Crippen LogP contribution in [-0.4, -0.2) is 42.9 Å². The number of carbonyl (C=O) groups excluding carboxylic acids is 2. The van der Waals surface area contributed by atoms with Crippen LogP contribution < -0.4 is 10.6 Å². The zero-order valence-electron chi connectivity index (χ0n) is 16.4. The molecule has 0 saturated carbocycles. The molecule has 2 aromatic rings. The van der Waals surface area contributed by atoms with Crippen LogP contribution in [0.4, 0.5) is 0 Å². The van der Waals surface area contributed by atoms with Gasteiger partial charge >= 0.3 is 0 Å². The van der Waals surface area contributed by atoms with Gasteiger partial charge in [0.1, 0.15) is 0 Å². The smallest absolute Gasteiger partial charge is 0.251 e. The fourth-order valence-corrected chi connectivity index (χ4v) is 4.28. The van der Waals surface area contributed by atoms with Gasteiger partial charge in [0.25, 0.3) is 5.91 Å². The molecular weight excluding hydrogens is 370 g/mol. The van der Waals surface area contributed by atoms with Gasteiger partial charge in [0.05, 0.1) is 0 Å². The number of benzene rings is 1. The van der Waals surface area contributed by atoms with Crippen molar-refractivity contribution in [1.29, 1.82) is 0 Å². The van der Waals surface area contributed by atoms with Gasteiger partial charge in [-0.1, -0.05) is 24.3 Å². The summed E-state index contributed by atoms with van der Waals surface area (Å²) in [5.74, 6) is 0.431. The molecule has 1 aliphatic heterocycles. The summed E-state index contributed by atoms with van der Waals surface area (Å²) in [6.45, 7) is 6.22. The number of rotatable bonds is 8. The zero-order valence-corrected chi connectivity index (χ0v) is 17.3. The predicted molar refractivity (Wildman–Crippen MR) is 113 cm³/mol. The Labute approximate surface area is 171 Å². The molecule has 1 fully saturated rings. The van der Waals surface area contributed by atoms with E-state index in [1.54, 1.807) is 6.07 Å². The van der Waals surface area contributed by atoms with Crippen molar-refractivity contribution < 1.29 is 9.59 Å². The normalized spacial score (nSPS) is 15.3. The molecule has 5 nitrogen and oxygen atoms in total. The lowest BCUT2D eigenvalue weighted by Gasteiger charge is -2.31. The standard InChI is InChI=1S/C22H29N3O2S/c1-17-5-2-3-7-20(17)22(27)23-11-8-21(26)24-15-18-9-12-25(13-10-18)16-19-6-4-14-28-19/h2-7,14,18H,8-13,15-16H2,1H3,(H,23,27)(H,24,26). The second kappa shape index (κ2) is 10.4. The van der Waals surface area contributed by atoms with Gasteiger partial charge in [0.15, 0.2) is 0 Å². The van der Waals surface area contributed by atoms with Crippen LogP contribution in [0.15, 0.2) is 41.8 Å². The Morgan fingerprint density at radius 3 is 2.61 bits per heavy atom. The van der Waals surface area contributed by atoms with Gasteiger partial charge in [-0.2, -0.15) is 0 Å². The third-order valence-corrected chi connectivity index (χ3v) is 6.14. The summed E-state index contributed by atoms with van der Waals surface area (Å²) in [7, 11) is 0. The van der Waals surface area contributed by atoms with Crippen LogP contribution in [0.5, 0.6) is 0 Å². The number of thiophene rings is 1. The highest BCUT2D eigenvalue weighted by Gasteiger charge is 2.20. The predicted octanol–water partition coefficient (Wildman–Crippen LogP) is 3.20. The second-order valence-corrected chi connectivity index (χ2v) is 8.46. The first kappa shape index (κ1) is 20.6. The molecule has 28 heavy (non-hydrogen) atoms. The van der Waals surface area contributed by atoms with Crippen LogP contribution in [0.2, 0.25) is 0 Å². The first-order chi connectivity index (χ1) is 13.6. The molecule has 0 spiro atoms. The highest BCUT2D eigenvalue weighted by Crippen LogP contribution is 2.20. The van der Waals surface area contributed by atoms with E-state index in [4.69, 9.17) is 0 Å². The minimum absolute atomic E-state index is 0.00565. The molecule has 6 heteroatoms. The zero-order chi connectivity index (χ0) is 19.8. The third kappa shape index (κ3) is 6.17. The minimum Gasteiger partial charge on any atom is -0.356 e. The number of carbonyl (C=O) groups is 2. The molecule has 2 heterocycles. The van der Waals surface area contributed by atoms with E-state index in [-0.39, 0.29) is 11.8 Å². The SMILES string of the molecule is Cc1ccccc1C(=O)NCCC(=O)NCC1CCN(Cc2cccs2)CC1. The summed E-state index contributed by atoms with van der Waals surface area (Å²) in [6.07, 6.45) is 2.56. The number of nitrogens with one attached hydrogen (secondary N) is 2. The summed E-state index contributed by atoms with van der Waals surface area (Å²) < 4.78 is 0. The van der Waals surface area contributed by atoms with E-state index in [2.05, 4.69) is 33.0 Å². The van der Waals surface area contributed by atoms with Crippen molar-refractivity contribution in [1.82, 2.24) is 15.5 Å². The number of nitrogens with zero attached hydrogens (tertiary/aromatic N) is 1. The molecule has 0 radical (unpaired) electrons. The topological polar surface area (TPSA) is 61.4 Å². The van der Waals surface area contributed by atoms with E-state index in [0.717, 1.165) is 44.6 Å². The van der Waals surface area contributed by atoms with Crippen molar-refractivity contribution in [3.63, 3.8) is 0 Å². The molecule has 0 aliphatic carbocycles. The van der Waals surface area contributed by atoms with E-state index in [9.17, 15) is 9.59 Å². The monoisotopic (exact) mass is 399 g/mol. The van der Waals surface area contributed by atoms with Crippen molar-refractivity contribution in [3.05, 3.63) is 57.8 Å². The van der Waals surface area contributed by atoms with Crippen LogP contribution >= 0.6 is 11.3 Å². The summed E-state index contributed by atoms with van der Waals surface area (Å²) in [5, 5.41) is 7.99. The van der Waals surface area contributed by atoms with Gasteiger partial charge in [-0.3, -0.25) is 14.5 Å². The van der Waals surface area contributed by atoms with E-state index in [1.807, 2.05) is 36.5 Å². The van der Waals surface area contributed by atoms with Gasteiger partial charge in [-0.05, 0) is 61.8 Å². The van der Waals surface area contributed by atoms with Crippen molar-refractivity contribution in [2.24, 2.45) is 5.92 Å². The van der Waals surface area contributed by atoms with Gasteiger partial charge in [-0.25, -0.2) is 0 Å². The molecule has 1 aliphatic rings. The number of amides is 2. The van der Waals surface area contributed by atoms with Gasteiger partial charge in [-0.15, -0.1) is 11.3 Å². The first-order valence-corrected chi connectivity index (χ1v) is 10.8. The molecule has 1 saturated heterocycles. The maximum atomic E-state index is 12.1. The minimum atomic E-state index is -0.121. The number of likely N-dealkylation sites (tertiary alicyclic amines) is 1. The van der Waals surface area contributed by atoms with Gasteiger partial charge < -0.3 is 10.6 Å². The number of aryl methyl sites for hydroxylation is 1. The Kier molecular flexibility index (Phi) is 7.62.